The Hall–Kier alpha value is -1.13. The van der Waals surface area contributed by atoms with Crippen molar-refractivity contribution in [1.29, 1.82) is 0 Å². The number of nitrogens with zero attached hydrogens (tertiary/aromatic N) is 2. The van der Waals surface area contributed by atoms with Gasteiger partial charge in [0.1, 0.15) is 0 Å². The van der Waals surface area contributed by atoms with Crippen LogP contribution in [-0.2, 0) is 6.42 Å². The van der Waals surface area contributed by atoms with Crippen LogP contribution in [0.4, 0.5) is 0 Å². The fourth-order valence-electron chi connectivity index (χ4n) is 2.58. The van der Waals surface area contributed by atoms with E-state index < -0.39 is 0 Å². The predicted molar refractivity (Wildman–Crippen MR) is 85.5 cm³/mol. The third kappa shape index (κ3) is 2.96. The minimum Gasteiger partial charge on any atom is -0.314 e. The van der Waals surface area contributed by atoms with E-state index in [2.05, 4.69) is 47.2 Å². The maximum absolute atomic E-state index is 4.70. The molecule has 0 saturated heterocycles. The Bertz CT molecular complexity index is 614. The summed E-state index contributed by atoms with van der Waals surface area (Å²) < 4.78 is 3.13. The van der Waals surface area contributed by atoms with Crippen molar-refractivity contribution in [2.45, 2.75) is 39.2 Å². The van der Waals surface area contributed by atoms with Crippen LogP contribution in [0.1, 0.15) is 29.8 Å². The Balaban J connectivity index is 1.81. The molecule has 1 aliphatic carbocycles. The SMILES string of the molecule is Cc1nn(-c2cccc(Br)c2)c(C)c1CCNC1CC1. The topological polar surface area (TPSA) is 29.9 Å². The van der Waals surface area contributed by atoms with Gasteiger partial charge in [0, 0.05) is 16.2 Å². The molecular weight excluding hydrogens is 314 g/mol. The van der Waals surface area contributed by atoms with Gasteiger partial charge in [-0.2, -0.15) is 5.10 Å². The summed E-state index contributed by atoms with van der Waals surface area (Å²) in [6.07, 6.45) is 3.74. The average molecular weight is 334 g/mol. The summed E-state index contributed by atoms with van der Waals surface area (Å²) in [5.41, 5.74) is 4.87. The van der Waals surface area contributed by atoms with Crippen LogP contribution in [0.2, 0.25) is 0 Å². The van der Waals surface area contributed by atoms with Crippen LogP contribution in [0, 0.1) is 13.8 Å². The quantitative estimate of drug-likeness (QED) is 0.906. The summed E-state index contributed by atoms with van der Waals surface area (Å²) in [5, 5.41) is 8.28. The third-order valence-electron chi connectivity index (χ3n) is 3.88. The molecule has 1 saturated carbocycles. The fraction of sp³-hybridized carbons (Fsp3) is 0.438. The third-order valence-corrected chi connectivity index (χ3v) is 4.37. The van der Waals surface area contributed by atoms with Crippen molar-refractivity contribution in [3.8, 4) is 5.69 Å². The van der Waals surface area contributed by atoms with Crippen LogP contribution in [-0.4, -0.2) is 22.4 Å². The molecule has 0 radical (unpaired) electrons. The number of hydrogen-bond donors (Lipinski definition) is 1. The first kappa shape index (κ1) is 13.8. The smallest absolute Gasteiger partial charge is 0.0660 e. The van der Waals surface area contributed by atoms with E-state index in [1.54, 1.807) is 0 Å². The monoisotopic (exact) mass is 333 g/mol. The second kappa shape index (κ2) is 5.70. The van der Waals surface area contributed by atoms with Gasteiger partial charge in [-0.3, -0.25) is 0 Å². The number of halogens is 1. The van der Waals surface area contributed by atoms with Gasteiger partial charge in [0.05, 0.1) is 11.4 Å². The molecule has 106 valence electrons. The molecule has 3 nitrogen and oxygen atoms in total. The highest BCUT2D eigenvalue weighted by Crippen LogP contribution is 2.22. The molecular formula is C16H20BrN3. The van der Waals surface area contributed by atoms with Gasteiger partial charge in [-0.15, -0.1) is 0 Å². The first-order valence-corrected chi connectivity index (χ1v) is 7.99. The number of nitrogens with one attached hydrogen (secondary N) is 1. The van der Waals surface area contributed by atoms with E-state index in [9.17, 15) is 0 Å². The zero-order valence-corrected chi connectivity index (χ0v) is 13.6. The molecule has 1 aromatic carbocycles. The van der Waals surface area contributed by atoms with Gasteiger partial charge in [-0.1, -0.05) is 22.0 Å². The summed E-state index contributed by atoms with van der Waals surface area (Å²) in [6.45, 7) is 5.32. The molecule has 4 heteroatoms. The lowest BCUT2D eigenvalue weighted by Crippen LogP contribution is -2.19. The predicted octanol–water partition coefficient (Wildman–Crippen LogP) is 3.55. The van der Waals surface area contributed by atoms with Gasteiger partial charge in [-0.05, 0) is 63.4 Å². The van der Waals surface area contributed by atoms with Gasteiger partial charge in [0.2, 0.25) is 0 Å². The highest BCUT2D eigenvalue weighted by Gasteiger charge is 2.20. The molecule has 1 aliphatic rings. The van der Waals surface area contributed by atoms with Crippen molar-refractivity contribution < 1.29 is 0 Å². The zero-order valence-electron chi connectivity index (χ0n) is 12.0. The van der Waals surface area contributed by atoms with E-state index in [-0.39, 0.29) is 0 Å². The zero-order chi connectivity index (χ0) is 14.1. The van der Waals surface area contributed by atoms with Crippen LogP contribution < -0.4 is 5.32 Å². The molecule has 1 fully saturated rings. The second-order valence-corrected chi connectivity index (χ2v) is 6.44. The highest BCUT2D eigenvalue weighted by atomic mass is 79.9. The largest absolute Gasteiger partial charge is 0.314 e. The van der Waals surface area contributed by atoms with Crippen molar-refractivity contribution in [3.05, 3.63) is 45.7 Å². The summed E-state index contributed by atoms with van der Waals surface area (Å²) in [7, 11) is 0. The van der Waals surface area contributed by atoms with E-state index in [1.807, 2.05) is 16.8 Å². The van der Waals surface area contributed by atoms with Gasteiger partial charge in [0.15, 0.2) is 0 Å². The molecule has 1 N–H and O–H groups in total. The normalized spacial score (nSPS) is 14.8. The Labute approximate surface area is 128 Å². The van der Waals surface area contributed by atoms with Crippen LogP contribution in [0.3, 0.4) is 0 Å². The Morgan fingerprint density at radius 2 is 2.15 bits per heavy atom. The van der Waals surface area contributed by atoms with E-state index >= 15 is 0 Å². The number of hydrogen-bond acceptors (Lipinski definition) is 2. The molecule has 0 spiro atoms. The van der Waals surface area contributed by atoms with E-state index in [1.165, 1.54) is 24.1 Å². The van der Waals surface area contributed by atoms with Crippen LogP contribution in [0.25, 0.3) is 5.69 Å². The van der Waals surface area contributed by atoms with Gasteiger partial charge >= 0.3 is 0 Å². The Morgan fingerprint density at radius 1 is 1.35 bits per heavy atom. The summed E-state index contributed by atoms with van der Waals surface area (Å²) in [5.74, 6) is 0. The maximum Gasteiger partial charge on any atom is 0.0660 e. The molecule has 2 aromatic rings. The average Bonchev–Trinajstić information content (AvgIpc) is 3.19. The first-order valence-electron chi connectivity index (χ1n) is 7.19. The lowest BCUT2D eigenvalue weighted by Gasteiger charge is -2.06. The Morgan fingerprint density at radius 3 is 2.85 bits per heavy atom. The van der Waals surface area contributed by atoms with Gasteiger partial charge < -0.3 is 5.32 Å². The first-order chi connectivity index (χ1) is 9.65. The van der Waals surface area contributed by atoms with Crippen molar-refractivity contribution in [2.75, 3.05) is 6.54 Å². The molecule has 0 unspecified atom stereocenters. The van der Waals surface area contributed by atoms with Crippen molar-refractivity contribution in [2.24, 2.45) is 0 Å². The maximum atomic E-state index is 4.70. The lowest BCUT2D eigenvalue weighted by atomic mass is 10.1. The molecule has 1 aromatic heterocycles. The number of aryl methyl sites for hydroxylation is 1. The molecule has 0 atom stereocenters. The van der Waals surface area contributed by atoms with Gasteiger partial charge in [-0.25, -0.2) is 4.68 Å². The number of benzene rings is 1. The molecule has 0 bridgehead atoms. The minimum absolute atomic E-state index is 0.774. The van der Waals surface area contributed by atoms with Crippen LogP contribution in [0.15, 0.2) is 28.7 Å². The lowest BCUT2D eigenvalue weighted by molar-refractivity contribution is 0.679. The van der Waals surface area contributed by atoms with Crippen LogP contribution in [0.5, 0.6) is 0 Å². The van der Waals surface area contributed by atoms with E-state index in [0.29, 0.717) is 0 Å². The summed E-state index contributed by atoms with van der Waals surface area (Å²) in [4.78, 5) is 0. The summed E-state index contributed by atoms with van der Waals surface area (Å²) >= 11 is 3.52. The second-order valence-electron chi connectivity index (χ2n) is 5.52. The minimum atomic E-state index is 0.774. The highest BCUT2D eigenvalue weighted by molar-refractivity contribution is 9.10. The van der Waals surface area contributed by atoms with Gasteiger partial charge in [0.25, 0.3) is 0 Å². The summed E-state index contributed by atoms with van der Waals surface area (Å²) in [6, 6.07) is 9.05. The van der Waals surface area contributed by atoms with Crippen molar-refractivity contribution in [1.82, 2.24) is 15.1 Å². The van der Waals surface area contributed by atoms with Crippen molar-refractivity contribution >= 4 is 15.9 Å². The van der Waals surface area contributed by atoms with Crippen molar-refractivity contribution in [3.63, 3.8) is 0 Å². The molecule has 0 aliphatic heterocycles. The molecule has 20 heavy (non-hydrogen) atoms. The fourth-order valence-corrected chi connectivity index (χ4v) is 2.97. The Kier molecular flexibility index (Phi) is 3.94. The standard InChI is InChI=1S/C16H20BrN3/c1-11-16(8-9-18-14-6-7-14)12(2)20(19-11)15-5-3-4-13(17)10-15/h3-5,10,14,18H,6-9H2,1-2H3. The molecule has 1 heterocycles. The van der Waals surface area contributed by atoms with Crippen LogP contribution >= 0.6 is 15.9 Å². The molecule has 3 rings (SSSR count). The van der Waals surface area contributed by atoms with E-state index in [0.717, 1.165) is 34.9 Å². The molecule has 0 amide bonds. The number of rotatable bonds is 5. The number of aromatic nitrogens is 2. The van der Waals surface area contributed by atoms with E-state index in [4.69, 9.17) is 5.10 Å².